The lowest BCUT2D eigenvalue weighted by atomic mass is 10.1. The molecule has 2 aromatic carbocycles. The number of aromatic hydroxyl groups is 1. The van der Waals surface area contributed by atoms with Crippen molar-refractivity contribution in [2.24, 2.45) is 0 Å². The minimum absolute atomic E-state index is 0.282. The van der Waals surface area contributed by atoms with Crippen LogP contribution in [-0.2, 0) is 6.54 Å². The van der Waals surface area contributed by atoms with Gasteiger partial charge in [-0.05, 0) is 29.8 Å². The second-order valence-corrected chi connectivity index (χ2v) is 4.65. The molecule has 0 aliphatic heterocycles. The third kappa shape index (κ3) is 3.31. The summed E-state index contributed by atoms with van der Waals surface area (Å²) in [6, 6.07) is 11.0. The van der Waals surface area contributed by atoms with E-state index in [1.807, 2.05) is 12.1 Å². The summed E-state index contributed by atoms with van der Waals surface area (Å²) in [6.07, 6.45) is 0. The Morgan fingerprint density at radius 1 is 1.29 bits per heavy atom. The SMILES string of the molecule is COc1cccc(CN(C)C(=O)c2c(O)cccc2F)c1. The molecular weight excluding hydrogens is 273 g/mol. The van der Waals surface area contributed by atoms with Crippen LogP contribution < -0.4 is 4.74 Å². The Kier molecular flexibility index (Phi) is 4.42. The van der Waals surface area contributed by atoms with E-state index >= 15 is 0 Å². The van der Waals surface area contributed by atoms with Gasteiger partial charge < -0.3 is 14.7 Å². The summed E-state index contributed by atoms with van der Waals surface area (Å²) >= 11 is 0. The molecule has 0 atom stereocenters. The number of amides is 1. The molecule has 0 aromatic heterocycles. The molecule has 0 saturated carbocycles. The van der Waals surface area contributed by atoms with Crippen LogP contribution in [0, 0.1) is 5.82 Å². The minimum atomic E-state index is -0.738. The molecule has 0 saturated heterocycles. The summed E-state index contributed by atoms with van der Waals surface area (Å²) < 4.78 is 18.8. The van der Waals surface area contributed by atoms with Gasteiger partial charge in [-0.25, -0.2) is 4.39 Å². The fraction of sp³-hybridized carbons (Fsp3) is 0.188. The topological polar surface area (TPSA) is 49.8 Å². The van der Waals surface area contributed by atoms with E-state index in [0.717, 1.165) is 11.6 Å². The molecule has 1 amide bonds. The lowest BCUT2D eigenvalue weighted by Crippen LogP contribution is -2.27. The summed E-state index contributed by atoms with van der Waals surface area (Å²) in [4.78, 5) is 13.6. The number of phenolic OH excluding ortho intramolecular Hbond substituents is 1. The summed E-state index contributed by atoms with van der Waals surface area (Å²) in [6.45, 7) is 0.282. The van der Waals surface area contributed by atoms with E-state index in [1.54, 1.807) is 26.3 Å². The van der Waals surface area contributed by atoms with Crippen LogP contribution in [0.3, 0.4) is 0 Å². The zero-order valence-electron chi connectivity index (χ0n) is 11.8. The number of phenols is 1. The van der Waals surface area contributed by atoms with Crippen molar-refractivity contribution in [3.05, 3.63) is 59.4 Å². The molecule has 0 radical (unpaired) electrons. The summed E-state index contributed by atoms with van der Waals surface area (Å²) in [5.74, 6) is -0.995. The quantitative estimate of drug-likeness (QED) is 0.941. The summed E-state index contributed by atoms with van der Waals surface area (Å²) in [5.41, 5.74) is 0.531. The van der Waals surface area contributed by atoms with Gasteiger partial charge in [0.15, 0.2) is 0 Å². The Labute approximate surface area is 122 Å². The number of hydrogen-bond donors (Lipinski definition) is 1. The Morgan fingerprint density at radius 2 is 2.00 bits per heavy atom. The number of halogens is 1. The lowest BCUT2D eigenvalue weighted by Gasteiger charge is -2.18. The zero-order chi connectivity index (χ0) is 15.4. The van der Waals surface area contributed by atoms with E-state index in [9.17, 15) is 14.3 Å². The molecule has 0 fully saturated rings. The van der Waals surface area contributed by atoms with Crippen molar-refractivity contribution >= 4 is 5.91 Å². The monoisotopic (exact) mass is 289 g/mol. The molecule has 1 N–H and O–H groups in total. The van der Waals surface area contributed by atoms with Gasteiger partial charge in [-0.15, -0.1) is 0 Å². The standard InChI is InChI=1S/C16H16FNO3/c1-18(10-11-5-3-6-12(9-11)21-2)16(20)15-13(17)7-4-8-14(15)19/h3-9,19H,10H2,1-2H3. The maximum Gasteiger partial charge on any atom is 0.260 e. The first-order valence-corrected chi connectivity index (χ1v) is 6.39. The maximum atomic E-state index is 13.7. The number of carbonyl (C=O) groups is 1. The number of hydrogen-bond acceptors (Lipinski definition) is 3. The highest BCUT2D eigenvalue weighted by molar-refractivity contribution is 5.96. The number of methoxy groups -OCH3 is 1. The third-order valence-corrected chi connectivity index (χ3v) is 3.11. The van der Waals surface area contributed by atoms with Gasteiger partial charge >= 0.3 is 0 Å². The van der Waals surface area contributed by atoms with Crippen molar-refractivity contribution in [2.75, 3.05) is 14.2 Å². The second kappa shape index (κ2) is 6.26. The minimum Gasteiger partial charge on any atom is -0.507 e. The van der Waals surface area contributed by atoms with E-state index in [0.29, 0.717) is 5.75 Å². The molecule has 4 nitrogen and oxygen atoms in total. The van der Waals surface area contributed by atoms with Gasteiger partial charge in [-0.3, -0.25) is 4.79 Å². The molecule has 2 rings (SSSR count). The highest BCUT2D eigenvalue weighted by Gasteiger charge is 2.20. The van der Waals surface area contributed by atoms with Crippen LogP contribution in [0.25, 0.3) is 0 Å². The van der Waals surface area contributed by atoms with Gasteiger partial charge in [-0.2, -0.15) is 0 Å². The van der Waals surface area contributed by atoms with E-state index in [-0.39, 0.29) is 17.9 Å². The molecule has 0 heterocycles. The molecule has 0 spiro atoms. The molecule has 110 valence electrons. The van der Waals surface area contributed by atoms with Crippen LogP contribution in [0.2, 0.25) is 0 Å². The van der Waals surface area contributed by atoms with Crippen LogP contribution in [0.4, 0.5) is 4.39 Å². The molecule has 5 heteroatoms. The van der Waals surface area contributed by atoms with Gasteiger partial charge in [-0.1, -0.05) is 18.2 Å². The van der Waals surface area contributed by atoms with E-state index in [2.05, 4.69) is 0 Å². The van der Waals surface area contributed by atoms with Crippen LogP contribution in [-0.4, -0.2) is 30.1 Å². The molecule has 0 aliphatic carbocycles. The molecule has 0 aliphatic rings. The normalized spacial score (nSPS) is 10.2. The van der Waals surface area contributed by atoms with Gasteiger partial charge in [0.25, 0.3) is 5.91 Å². The van der Waals surface area contributed by atoms with Crippen LogP contribution >= 0.6 is 0 Å². The molecule has 21 heavy (non-hydrogen) atoms. The van der Waals surface area contributed by atoms with E-state index in [1.165, 1.54) is 17.0 Å². The lowest BCUT2D eigenvalue weighted by molar-refractivity contribution is 0.0777. The number of nitrogens with zero attached hydrogens (tertiary/aromatic N) is 1. The van der Waals surface area contributed by atoms with Crippen LogP contribution in [0.15, 0.2) is 42.5 Å². The summed E-state index contributed by atoms with van der Waals surface area (Å²) in [7, 11) is 3.11. The van der Waals surface area contributed by atoms with Crippen molar-refractivity contribution in [3.63, 3.8) is 0 Å². The van der Waals surface area contributed by atoms with E-state index in [4.69, 9.17) is 4.74 Å². The highest BCUT2D eigenvalue weighted by Crippen LogP contribution is 2.22. The van der Waals surface area contributed by atoms with Crippen LogP contribution in [0.1, 0.15) is 15.9 Å². The maximum absolute atomic E-state index is 13.7. The first-order valence-electron chi connectivity index (χ1n) is 6.39. The predicted molar refractivity (Wildman–Crippen MR) is 76.9 cm³/mol. The number of ether oxygens (including phenoxy) is 1. The Morgan fingerprint density at radius 3 is 2.67 bits per heavy atom. The van der Waals surface area contributed by atoms with Crippen molar-refractivity contribution < 1.29 is 19.0 Å². The Hall–Kier alpha value is -2.56. The van der Waals surface area contributed by atoms with Crippen LogP contribution in [0.5, 0.6) is 11.5 Å². The fourth-order valence-corrected chi connectivity index (χ4v) is 2.03. The van der Waals surface area contributed by atoms with Gasteiger partial charge in [0.1, 0.15) is 22.9 Å². The van der Waals surface area contributed by atoms with Crippen molar-refractivity contribution in [1.82, 2.24) is 4.90 Å². The molecule has 0 unspecified atom stereocenters. The van der Waals surface area contributed by atoms with Gasteiger partial charge in [0, 0.05) is 13.6 Å². The highest BCUT2D eigenvalue weighted by atomic mass is 19.1. The number of benzene rings is 2. The van der Waals surface area contributed by atoms with Gasteiger partial charge in [0.05, 0.1) is 7.11 Å². The molecule has 0 bridgehead atoms. The third-order valence-electron chi connectivity index (χ3n) is 3.11. The first kappa shape index (κ1) is 14.8. The Bertz CT molecular complexity index is 637. The molecular formula is C16H16FNO3. The largest absolute Gasteiger partial charge is 0.507 e. The average molecular weight is 289 g/mol. The molecule has 2 aromatic rings. The van der Waals surface area contributed by atoms with E-state index < -0.39 is 11.7 Å². The van der Waals surface area contributed by atoms with Crippen molar-refractivity contribution in [2.45, 2.75) is 6.54 Å². The second-order valence-electron chi connectivity index (χ2n) is 4.65. The Balaban J connectivity index is 2.19. The average Bonchev–Trinajstić information content (AvgIpc) is 2.47. The smallest absolute Gasteiger partial charge is 0.260 e. The van der Waals surface area contributed by atoms with Crippen molar-refractivity contribution in [3.8, 4) is 11.5 Å². The number of rotatable bonds is 4. The zero-order valence-corrected chi connectivity index (χ0v) is 11.8. The fourth-order valence-electron chi connectivity index (χ4n) is 2.03. The first-order chi connectivity index (χ1) is 10.0. The van der Waals surface area contributed by atoms with Gasteiger partial charge in [0.2, 0.25) is 0 Å². The van der Waals surface area contributed by atoms with Crippen molar-refractivity contribution in [1.29, 1.82) is 0 Å². The summed E-state index contributed by atoms with van der Waals surface area (Å²) in [5, 5.41) is 9.65. The number of carbonyl (C=O) groups excluding carboxylic acids is 1. The predicted octanol–water partition coefficient (Wildman–Crippen LogP) is 2.81.